The highest BCUT2D eigenvalue weighted by Gasteiger charge is 2.24. The van der Waals surface area contributed by atoms with Crippen molar-refractivity contribution in [3.05, 3.63) is 39.6 Å². The van der Waals surface area contributed by atoms with Crippen LogP contribution in [0, 0.1) is 0 Å². The maximum Gasteiger partial charge on any atom is 0.202 e. The summed E-state index contributed by atoms with van der Waals surface area (Å²) in [6.07, 6.45) is 0.396. The lowest BCUT2D eigenvalue weighted by Gasteiger charge is -2.18. The zero-order valence-corrected chi connectivity index (χ0v) is 11.2. The molecule has 0 atom stereocenters. The summed E-state index contributed by atoms with van der Waals surface area (Å²) in [4.78, 5) is 11.7. The predicted molar refractivity (Wildman–Crippen MR) is 65.7 cm³/mol. The van der Waals surface area contributed by atoms with Gasteiger partial charge in [0, 0.05) is 10.9 Å². The van der Waals surface area contributed by atoms with Crippen molar-refractivity contribution in [3.8, 4) is 0 Å². The van der Waals surface area contributed by atoms with Crippen LogP contribution in [-0.4, -0.2) is 12.9 Å². The van der Waals surface area contributed by atoms with Gasteiger partial charge in [-0.25, -0.2) is 0 Å². The number of methoxy groups -OCH3 is 1. The standard InChI is InChI=1S/C11H8Br2O2/c1-15-11-9(14)5-6-4-7(12)2-3-8(6)10(11)13/h2-4H,5H2,1H3. The summed E-state index contributed by atoms with van der Waals surface area (Å²) >= 11 is 6.79. The maximum absolute atomic E-state index is 11.7. The highest BCUT2D eigenvalue weighted by Crippen LogP contribution is 2.35. The van der Waals surface area contributed by atoms with Gasteiger partial charge in [0.25, 0.3) is 0 Å². The summed E-state index contributed by atoms with van der Waals surface area (Å²) in [6.45, 7) is 0. The Balaban J connectivity index is 2.62. The summed E-state index contributed by atoms with van der Waals surface area (Å²) in [5, 5.41) is 0. The Morgan fingerprint density at radius 3 is 2.73 bits per heavy atom. The number of rotatable bonds is 1. The molecule has 15 heavy (non-hydrogen) atoms. The number of benzene rings is 1. The average molecular weight is 332 g/mol. The molecule has 4 heteroatoms. The molecule has 2 rings (SSSR count). The van der Waals surface area contributed by atoms with Crippen LogP contribution in [0.15, 0.2) is 28.4 Å². The van der Waals surface area contributed by atoms with Gasteiger partial charge in [-0.2, -0.15) is 0 Å². The van der Waals surface area contributed by atoms with Crippen molar-refractivity contribution in [2.24, 2.45) is 0 Å². The van der Waals surface area contributed by atoms with Gasteiger partial charge in [-0.05, 0) is 39.2 Å². The Morgan fingerprint density at radius 2 is 2.07 bits per heavy atom. The van der Waals surface area contributed by atoms with E-state index in [1.807, 2.05) is 18.2 Å². The van der Waals surface area contributed by atoms with Gasteiger partial charge in [-0.15, -0.1) is 0 Å². The van der Waals surface area contributed by atoms with Gasteiger partial charge in [-0.3, -0.25) is 4.79 Å². The minimum Gasteiger partial charge on any atom is -0.492 e. The topological polar surface area (TPSA) is 26.3 Å². The van der Waals surface area contributed by atoms with E-state index in [4.69, 9.17) is 4.74 Å². The molecule has 1 aromatic rings. The molecule has 0 spiro atoms. The van der Waals surface area contributed by atoms with Crippen molar-refractivity contribution in [1.82, 2.24) is 0 Å². The van der Waals surface area contributed by atoms with Crippen LogP contribution >= 0.6 is 31.9 Å². The lowest BCUT2D eigenvalue weighted by Crippen LogP contribution is -2.15. The summed E-state index contributed by atoms with van der Waals surface area (Å²) in [5.41, 5.74) is 2.04. The molecule has 0 amide bonds. The second-order valence-electron chi connectivity index (χ2n) is 3.25. The van der Waals surface area contributed by atoms with Crippen LogP contribution < -0.4 is 0 Å². The lowest BCUT2D eigenvalue weighted by atomic mass is 9.95. The quantitative estimate of drug-likeness (QED) is 0.789. The fraction of sp³-hybridized carbons (Fsp3) is 0.182. The minimum absolute atomic E-state index is 0.00924. The fourth-order valence-corrected chi connectivity index (χ4v) is 2.80. The summed E-state index contributed by atoms with van der Waals surface area (Å²) < 4.78 is 6.80. The highest BCUT2D eigenvalue weighted by atomic mass is 79.9. The zero-order valence-electron chi connectivity index (χ0n) is 8.01. The number of halogens is 2. The van der Waals surface area contributed by atoms with E-state index >= 15 is 0 Å². The Kier molecular flexibility index (Phi) is 2.98. The molecule has 0 fully saturated rings. The fourth-order valence-electron chi connectivity index (χ4n) is 1.62. The number of carbonyl (C=O) groups is 1. The monoisotopic (exact) mass is 330 g/mol. The number of Topliss-reactive ketones (excluding diaryl/α,β-unsaturated/α-hetero) is 1. The molecule has 0 aromatic heterocycles. The maximum atomic E-state index is 11.7. The summed E-state index contributed by atoms with van der Waals surface area (Å²) in [5.74, 6) is 0.416. The zero-order chi connectivity index (χ0) is 11.0. The van der Waals surface area contributed by atoms with E-state index in [9.17, 15) is 4.79 Å². The highest BCUT2D eigenvalue weighted by molar-refractivity contribution is 9.15. The Hall–Kier alpha value is -0.610. The molecule has 0 aliphatic heterocycles. The van der Waals surface area contributed by atoms with E-state index < -0.39 is 0 Å². The van der Waals surface area contributed by atoms with Crippen molar-refractivity contribution in [2.45, 2.75) is 6.42 Å². The SMILES string of the molecule is COC1=C(Br)c2ccc(Br)cc2CC1=O. The summed E-state index contributed by atoms with van der Waals surface area (Å²) in [7, 11) is 1.51. The van der Waals surface area contributed by atoms with Crippen LogP contribution in [0.3, 0.4) is 0 Å². The number of hydrogen-bond acceptors (Lipinski definition) is 2. The molecule has 0 heterocycles. The van der Waals surface area contributed by atoms with Gasteiger partial charge >= 0.3 is 0 Å². The number of fused-ring (bicyclic) bond motifs is 1. The molecule has 2 nitrogen and oxygen atoms in total. The van der Waals surface area contributed by atoms with E-state index in [0.29, 0.717) is 12.2 Å². The first-order valence-electron chi connectivity index (χ1n) is 4.39. The molecular weight excluding hydrogens is 324 g/mol. The van der Waals surface area contributed by atoms with Gasteiger partial charge in [0.2, 0.25) is 5.78 Å². The molecule has 78 valence electrons. The average Bonchev–Trinajstić information content (AvgIpc) is 2.17. The van der Waals surface area contributed by atoms with Crippen molar-refractivity contribution in [3.63, 3.8) is 0 Å². The minimum atomic E-state index is 0.00924. The number of carbonyl (C=O) groups excluding carboxylic acids is 1. The number of allylic oxidation sites excluding steroid dienone is 1. The molecule has 1 aromatic carbocycles. The number of ketones is 1. The van der Waals surface area contributed by atoms with Crippen LogP contribution in [0.5, 0.6) is 0 Å². The Morgan fingerprint density at radius 1 is 1.33 bits per heavy atom. The van der Waals surface area contributed by atoms with Gasteiger partial charge < -0.3 is 4.74 Å². The third kappa shape index (κ3) is 1.88. The van der Waals surface area contributed by atoms with Crippen LogP contribution in [-0.2, 0) is 16.0 Å². The van der Waals surface area contributed by atoms with E-state index in [1.165, 1.54) is 7.11 Å². The molecule has 0 saturated heterocycles. The first-order chi connectivity index (χ1) is 7.13. The van der Waals surface area contributed by atoms with Crippen LogP contribution in [0.25, 0.3) is 4.48 Å². The molecule has 1 aliphatic rings. The van der Waals surface area contributed by atoms with Crippen LogP contribution in [0.1, 0.15) is 11.1 Å². The van der Waals surface area contributed by atoms with E-state index in [-0.39, 0.29) is 5.78 Å². The Bertz CT molecular complexity index is 464. The van der Waals surface area contributed by atoms with Crippen molar-refractivity contribution < 1.29 is 9.53 Å². The van der Waals surface area contributed by atoms with E-state index in [0.717, 1.165) is 20.1 Å². The summed E-state index contributed by atoms with van der Waals surface area (Å²) in [6, 6.07) is 5.87. The second kappa shape index (κ2) is 4.10. The number of ether oxygens (including phenoxy) is 1. The number of hydrogen-bond donors (Lipinski definition) is 0. The van der Waals surface area contributed by atoms with Crippen molar-refractivity contribution >= 4 is 42.1 Å². The molecule has 0 radical (unpaired) electrons. The van der Waals surface area contributed by atoms with Gasteiger partial charge in [0.1, 0.15) is 0 Å². The largest absolute Gasteiger partial charge is 0.492 e. The smallest absolute Gasteiger partial charge is 0.202 e. The molecule has 0 N–H and O–H groups in total. The van der Waals surface area contributed by atoms with Crippen molar-refractivity contribution in [2.75, 3.05) is 7.11 Å². The molecule has 0 unspecified atom stereocenters. The second-order valence-corrected chi connectivity index (χ2v) is 4.96. The first-order valence-corrected chi connectivity index (χ1v) is 5.98. The van der Waals surface area contributed by atoms with Gasteiger partial charge in [0.05, 0.1) is 11.6 Å². The molecule has 0 saturated carbocycles. The van der Waals surface area contributed by atoms with Crippen LogP contribution in [0.4, 0.5) is 0 Å². The third-order valence-corrected chi connectivity index (χ3v) is 3.59. The lowest BCUT2D eigenvalue weighted by molar-refractivity contribution is -0.117. The predicted octanol–water partition coefficient (Wildman–Crippen LogP) is 3.28. The third-order valence-electron chi connectivity index (χ3n) is 2.31. The molecular formula is C11H8Br2O2. The van der Waals surface area contributed by atoms with E-state index in [1.54, 1.807) is 0 Å². The van der Waals surface area contributed by atoms with Gasteiger partial charge in [-0.1, -0.05) is 22.0 Å². The van der Waals surface area contributed by atoms with Crippen LogP contribution in [0.2, 0.25) is 0 Å². The van der Waals surface area contributed by atoms with E-state index in [2.05, 4.69) is 31.9 Å². The molecule has 0 bridgehead atoms. The normalized spacial score (nSPS) is 15.3. The van der Waals surface area contributed by atoms with Crippen molar-refractivity contribution in [1.29, 1.82) is 0 Å². The first kappa shape index (κ1) is 10.9. The van der Waals surface area contributed by atoms with Gasteiger partial charge in [0.15, 0.2) is 5.76 Å². The Labute approximate surface area is 105 Å². The molecule has 1 aliphatic carbocycles.